The van der Waals surface area contributed by atoms with Crippen LogP contribution < -0.4 is 0 Å². The highest BCUT2D eigenvalue weighted by Gasteiger charge is 2.51. The fourth-order valence-electron chi connectivity index (χ4n) is 4.60. The van der Waals surface area contributed by atoms with Gasteiger partial charge in [0.15, 0.2) is 18.5 Å². The molecule has 0 unspecified atom stereocenters. The zero-order chi connectivity index (χ0) is 30.0. The van der Waals surface area contributed by atoms with Crippen molar-refractivity contribution in [3.05, 3.63) is 144 Å². The Hall–Kier alpha value is -4.83. The molecular formula is C34H30O9. The molecule has 5 rings (SSSR count). The summed E-state index contributed by atoms with van der Waals surface area (Å²) in [4.78, 5) is 39.0. The third-order valence-electron chi connectivity index (χ3n) is 6.79. The molecule has 0 aromatic heterocycles. The van der Waals surface area contributed by atoms with Gasteiger partial charge >= 0.3 is 17.9 Å². The van der Waals surface area contributed by atoms with E-state index >= 15 is 0 Å². The number of aliphatic hydroxyl groups is 1. The average molecular weight is 583 g/mol. The number of benzene rings is 4. The number of hydrogen-bond acceptors (Lipinski definition) is 9. The Balaban J connectivity index is 1.44. The standard InChI is InChI=1S/C34H30O9/c35-31(24-15-7-2-8-16-24)40-22-27-28(42-32(36)25-17-9-3-10-18-25)29(39-21-23-13-5-1-6-14-23)30(34(38)41-27)43-33(37)26-19-11-4-12-20-26/h1-20,27-30,34,38H,21-22H2/t27-,28-,29+,30-,34+/m1/s1. The molecule has 4 aromatic rings. The SMILES string of the molecule is O=C(OC[C@H]1O[C@H](O)[C@H](OC(=O)c2ccccc2)[C@@H](OCc2ccccc2)[C@@H]1OC(=O)c1ccccc1)c1ccccc1. The van der Waals surface area contributed by atoms with Crippen molar-refractivity contribution >= 4 is 17.9 Å². The lowest BCUT2D eigenvalue weighted by Gasteiger charge is -2.43. The number of hydrogen-bond donors (Lipinski definition) is 1. The van der Waals surface area contributed by atoms with Crippen LogP contribution in [-0.2, 0) is 30.3 Å². The molecule has 1 aliphatic heterocycles. The summed E-state index contributed by atoms with van der Waals surface area (Å²) in [5.74, 6) is -2.07. The zero-order valence-corrected chi connectivity index (χ0v) is 23.1. The summed E-state index contributed by atoms with van der Waals surface area (Å²) >= 11 is 0. The van der Waals surface area contributed by atoms with Gasteiger partial charge in [0.2, 0.25) is 0 Å². The molecule has 0 aliphatic carbocycles. The van der Waals surface area contributed by atoms with Gasteiger partial charge in [0.1, 0.15) is 18.8 Å². The lowest BCUT2D eigenvalue weighted by molar-refractivity contribution is -0.294. The highest BCUT2D eigenvalue weighted by molar-refractivity contribution is 5.90. The molecule has 220 valence electrons. The average Bonchev–Trinajstić information content (AvgIpc) is 3.06. The molecule has 4 aromatic carbocycles. The fourth-order valence-corrected chi connectivity index (χ4v) is 4.60. The first-order chi connectivity index (χ1) is 21.0. The van der Waals surface area contributed by atoms with Crippen LogP contribution in [0, 0.1) is 0 Å². The third-order valence-corrected chi connectivity index (χ3v) is 6.79. The molecule has 1 saturated heterocycles. The summed E-state index contributed by atoms with van der Waals surface area (Å²) in [5, 5.41) is 11.1. The molecule has 0 saturated carbocycles. The minimum atomic E-state index is -1.69. The Morgan fingerprint density at radius 3 is 1.53 bits per heavy atom. The molecule has 1 N–H and O–H groups in total. The Kier molecular flexibility index (Phi) is 9.91. The number of rotatable bonds is 10. The number of carbonyl (C=O) groups excluding carboxylic acids is 3. The van der Waals surface area contributed by atoms with E-state index in [-0.39, 0.29) is 24.3 Å². The number of ether oxygens (including phenoxy) is 5. The summed E-state index contributed by atoms with van der Waals surface area (Å²) in [5.41, 5.74) is 1.60. The van der Waals surface area contributed by atoms with E-state index in [9.17, 15) is 19.5 Å². The zero-order valence-electron chi connectivity index (χ0n) is 23.1. The number of esters is 3. The molecule has 5 atom stereocenters. The van der Waals surface area contributed by atoms with E-state index in [0.717, 1.165) is 5.56 Å². The van der Waals surface area contributed by atoms with Crippen LogP contribution in [0.4, 0.5) is 0 Å². The van der Waals surface area contributed by atoms with Gasteiger partial charge in [-0.05, 0) is 42.0 Å². The monoisotopic (exact) mass is 582 g/mol. The van der Waals surface area contributed by atoms with Crippen molar-refractivity contribution < 1.29 is 43.2 Å². The Bertz CT molecular complexity index is 1480. The largest absolute Gasteiger partial charge is 0.459 e. The number of carbonyl (C=O) groups is 3. The fraction of sp³-hybridized carbons (Fsp3) is 0.206. The predicted molar refractivity (Wildman–Crippen MR) is 154 cm³/mol. The molecule has 0 spiro atoms. The van der Waals surface area contributed by atoms with Crippen LogP contribution in [0.2, 0.25) is 0 Å². The predicted octanol–water partition coefficient (Wildman–Crippen LogP) is 4.60. The van der Waals surface area contributed by atoms with Crippen LogP contribution in [0.15, 0.2) is 121 Å². The maximum absolute atomic E-state index is 13.3. The summed E-state index contributed by atoms with van der Waals surface area (Å²) in [6.45, 7) is -0.352. The van der Waals surface area contributed by atoms with Crippen molar-refractivity contribution in [3.8, 4) is 0 Å². The second-order valence-electron chi connectivity index (χ2n) is 9.76. The Morgan fingerprint density at radius 2 is 1.02 bits per heavy atom. The van der Waals surface area contributed by atoms with Gasteiger partial charge in [0.25, 0.3) is 0 Å². The molecule has 9 nitrogen and oxygen atoms in total. The minimum Gasteiger partial charge on any atom is -0.459 e. The van der Waals surface area contributed by atoms with Crippen LogP contribution in [0.5, 0.6) is 0 Å². The highest BCUT2D eigenvalue weighted by atomic mass is 16.7. The molecule has 1 fully saturated rings. The lowest BCUT2D eigenvalue weighted by atomic mass is 9.97. The molecule has 1 heterocycles. The molecule has 0 bridgehead atoms. The van der Waals surface area contributed by atoms with Crippen LogP contribution in [0.3, 0.4) is 0 Å². The maximum Gasteiger partial charge on any atom is 0.338 e. The van der Waals surface area contributed by atoms with Gasteiger partial charge in [-0.15, -0.1) is 0 Å². The quantitative estimate of drug-likeness (QED) is 0.212. The van der Waals surface area contributed by atoms with Crippen LogP contribution in [0.25, 0.3) is 0 Å². The van der Waals surface area contributed by atoms with Gasteiger partial charge < -0.3 is 28.8 Å². The second kappa shape index (κ2) is 14.4. The second-order valence-corrected chi connectivity index (χ2v) is 9.76. The Morgan fingerprint density at radius 1 is 0.581 bits per heavy atom. The first kappa shape index (κ1) is 29.7. The summed E-state index contributed by atoms with van der Waals surface area (Å²) < 4.78 is 29.1. The minimum absolute atomic E-state index is 0.0352. The van der Waals surface area contributed by atoms with Crippen LogP contribution >= 0.6 is 0 Å². The molecule has 9 heteroatoms. The molecule has 0 amide bonds. The topological polar surface area (TPSA) is 118 Å². The maximum atomic E-state index is 13.3. The van der Waals surface area contributed by atoms with E-state index in [1.807, 2.05) is 30.3 Å². The van der Waals surface area contributed by atoms with Crippen molar-refractivity contribution in [1.29, 1.82) is 0 Å². The first-order valence-electron chi connectivity index (χ1n) is 13.7. The van der Waals surface area contributed by atoms with E-state index in [1.165, 1.54) is 0 Å². The third kappa shape index (κ3) is 7.72. The molecule has 43 heavy (non-hydrogen) atoms. The first-order valence-corrected chi connectivity index (χ1v) is 13.7. The summed E-state index contributed by atoms with van der Waals surface area (Å²) in [6, 6.07) is 34.1. The lowest BCUT2D eigenvalue weighted by Crippen LogP contribution is -2.62. The van der Waals surface area contributed by atoms with E-state index in [0.29, 0.717) is 5.56 Å². The van der Waals surface area contributed by atoms with Gasteiger partial charge in [-0.2, -0.15) is 0 Å². The Labute approximate surface area is 248 Å². The van der Waals surface area contributed by atoms with Crippen molar-refractivity contribution in [2.45, 2.75) is 37.3 Å². The van der Waals surface area contributed by atoms with Gasteiger partial charge in [-0.25, -0.2) is 14.4 Å². The van der Waals surface area contributed by atoms with Gasteiger partial charge in [0, 0.05) is 0 Å². The van der Waals surface area contributed by atoms with E-state index < -0.39 is 48.6 Å². The van der Waals surface area contributed by atoms with Crippen LogP contribution in [0.1, 0.15) is 36.6 Å². The van der Waals surface area contributed by atoms with E-state index in [1.54, 1.807) is 91.0 Å². The smallest absolute Gasteiger partial charge is 0.338 e. The van der Waals surface area contributed by atoms with E-state index in [4.69, 9.17) is 23.7 Å². The van der Waals surface area contributed by atoms with Gasteiger partial charge in [-0.3, -0.25) is 0 Å². The summed E-state index contributed by atoms with van der Waals surface area (Å²) in [7, 11) is 0. The van der Waals surface area contributed by atoms with Crippen molar-refractivity contribution in [1.82, 2.24) is 0 Å². The molecule has 1 aliphatic rings. The highest BCUT2D eigenvalue weighted by Crippen LogP contribution is 2.30. The van der Waals surface area contributed by atoms with Crippen LogP contribution in [-0.4, -0.2) is 60.3 Å². The van der Waals surface area contributed by atoms with Crippen molar-refractivity contribution in [3.63, 3.8) is 0 Å². The molecular weight excluding hydrogens is 552 g/mol. The normalized spacial score (nSPS) is 21.4. The van der Waals surface area contributed by atoms with Crippen molar-refractivity contribution in [2.75, 3.05) is 6.61 Å². The van der Waals surface area contributed by atoms with Crippen molar-refractivity contribution in [2.24, 2.45) is 0 Å². The van der Waals surface area contributed by atoms with Gasteiger partial charge in [0.05, 0.1) is 23.3 Å². The molecule has 0 radical (unpaired) electrons. The van der Waals surface area contributed by atoms with Gasteiger partial charge in [-0.1, -0.05) is 84.9 Å². The number of aliphatic hydroxyl groups excluding tert-OH is 1. The van der Waals surface area contributed by atoms with E-state index in [2.05, 4.69) is 0 Å². The summed E-state index contributed by atoms with van der Waals surface area (Å²) in [6.07, 6.45) is -6.71.